The molecule has 0 saturated heterocycles. The van der Waals surface area contributed by atoms with Gasteiger partial charge >= 0.3 is 0 Å². The Balaban J connectivity index is 1.24. The summed E-state index contributed by atoms with van der Waals surface area (Å²) < 4.78 is 13.1. The summed E-state index contributed by atoms with van der Waals surface area (Å²) in [6.45, 7) is 0. The number of rotatable bonds is 5. The minimum atomic E-state index is 0.857. The number of fused-ring (bicyclic) bond motifs is 8. The molecule has 3 heteroatoms. The van der Waals surface area contributed by atoms with Gasteiger partial charge in [-0.15, -0.1) is 0 Å². The second-order valence-corrected chi connectivity index (χ2v) is 12.5. The molecule has 49 heavy (non-hydrogen) atoms. The van der Waals surface area contributed by atoms with E-state index < -0.39 is 0 Å². The SMILES string of the molecule is c1ccc(N(c2ccccc2)c2cccc3oc4c5ccccc5c(-c5ccccc5-c5ccc6c(c5)oc5ccccc56)cc4c23)cc1. The summed E-state index contributed by atoms with van der Waals surface area (Å²) in [5.41, 5.74) is 11.4. The van der Waals surface area contributed by atoms with Gasteiger partial charge in [0.05, 0.1) is 11.1 Å². The fraction of sp³-hybridized carbons (Fsp3) is 0. The molecule has 3 nitrogen and oxygen atoms in total. The highest BCUT2D eigenvalue weighted by atomic mass is 16.3. The number of hydrogen-bond donors (Lipinski definition) is 0. The quantitative estimate of drug-likeness (QED) is 0.190. The second kappa shape index (κ2) is 11.0. The smallest absolute Gasteiger partial charge is 0.143 e. The molecule has 0 spiro atoms. The highest BCUT2D eigenvalue weighted by molar-refractivity contribution is 6.23. The van der Waals surface area contributed by atoms with Crippen LogP contribution in [0.3, 0.4) is 0 Å². The van der Waals surface area contributed by atoms with Crippen molar-refractivity contribution < 1.29 is 8.83 Å². The lowest BCUT2D eigenvalue weighted by Crippen LogP contribution is -2.09. The van der Waals surface area contributed by atoms with Gasteiger partial charge in [-0.3, -0.25) is 0 Å². The Morgan fingerprint density at radius 2 is 0.959 bits per heavy atom. The van der Waals surface area contributed by atoms with Crippen molar-refractivity contribution in [3.05, 3.63) is 176 Å². The van der Waals surface area contributed by atoms with Crippen LogP contribution in [0.1, 0.15) is 0 Å². The van der Waals surface area contributed by atoms with Gasteiger partial charge in [-0.25, -0.2) is 0 Å². The zero-order valence-electron chi connectivity index (χ0n) is 26.5. The highest BCUT2D eigenvalue weighted by Crippen LogP contribution is 2.47. The Morgan fingerprint density at radius 3 is 1.73 bits per heavy atom. The van der Waals surface area contributed by atoms with Crippen LogP contribution < -0.4 is 4.90 Å². The molecule has 8 aromatic carbocycles. The van der Waals surface area contributed by atoms with Crippen LogP contribution >= 0.6 is 0 Å². The van der Waals surface area contributed by atoms with Crippen molar-refractivity contribution in [3.63, 3.8) is 0 Å². The van der Waals surface area contributed by atoms with Crippen LogP contribution in [0.5, 0.6) is 0 Å². The monoisotopic (exact) mass is 627 g/mol. The van der Waals surface area contributed by atoms with Crippen molar-refractivity contribution in [3.8, 4) is 22.3 Å². The van der Waals surface area contributed by atoms with Crippen LogP contribution in [0.2, 0.25) is 0 Å². The first-order valence-corrected chi connectivity index (χ1v) is 16.6. The number of para-hydroxylation sites is 3. The van der Waals surface area contributed by atoms with E-state index in [1.807, 2.05) is 12.1 Å². The van der Waals surface area contributed by atoms with E-state index in [4.69, 9.17) is 8.83 Å². The first-order valence-electron chi connectivity index (χ1n) is 16.6. The molecule has 0 aliphatic carbocycles. The van der Waals surface area contributed by atoms with Gasteiger partial charge in [0.2, 0.25) is 0 Å². The predicted molar refractivity (Wildman–Crippen MR) is 204 cm³/mol. The molecule has 0 amide bonds. The second-order valence-electron chi connectivity index (χ2n) is 12.5. The summed E-state index contributed by atoms with van der Waals surface area (Å²) in [6, 6.07) is 61.9. The van der Waals surface area contributed by atoms with E-state index in [0.29, 0.717) is 0 Å². The average Bonchev–Trinajstić information content (AvgIpc) is 3.74. The third-order valence-electron chi connectivity index (χ3n) is 9.66. The van der Waals surface area contributed by atoms with E-state index in [2.05, 4.69) is 169 Å². The number of nitrogens with zero attached hydrogens (tertiary/aromatic N) is 1. The molecule has 0 unspecified atom stereocenters. The molecule has 0 atom stereocenters. The molecular formula is C46H29NO2. The zero-order chi connectivity index (χ0) is 32.3. The lowest BCUT2D eigenvalue weighted by Gasteiger charge is -2.26. The largest absolute Gasteiger partial charge is 0.456 e. The van der Waals surface area contributed by atoms with Crippen molar-refractivity contribution in [1.82, 2.24) is 0 Å². The number of furan rings is 2. The Bertz CT molecular complexity index is 2790. The maximum Gasteiger partial charge on any atom is 0.143 e. The molecule has 0 bridgehead atoms. The Kier molecular flexibility index (Phi) is 6.18. The molecule has 0 N–H and O–H groups in total. The molecule has 10 rings (SSSR count). The van der Waals surface area contributed by atoms with Crippen molar-refractivity contribution in [1.29, 1.82) is 0 Å². The summed E-state index contributed by atoms with van der Waals surface area (Å²) in [4.78, 5) is 2.32. The van der Waals surface area contributed by atoms with Gasteiger partial charge in [0.15, 0.2) is 0 Å². The van der Waals surface area contributed by atoms with Crippen molar-refractivity contribution >= 4 is 71.7 Å². The van der Waals surface area contributed by atoms with Gasteiger partial charge in [0.25, 0.3) is 0 Å². The lowest BCUT2D eigenvalue weighted by atomic mass is 9.89. The Labute approximate surface area is 282 Å². The van der Waals surface area contributed by atoms with Crippen molar-refractivity contribution in [2.24, 2.45) is 0 Å². The van der Waals surface area contributed by atoms with E-state index in [1.165, 1.54) is 0 Å². The van der Waals surface area contributed by atoms with Crippen LogP contribution in [0.15, 0.2) is 185 Å². The van der Waals surface area contributed by atoms with Gasteiger partial charge in [0.1, 0.15) is 22.3 Å². The molecule has 2 heterocycles. The van der Waals surface area contributed by atoms with Crippen LogP contribution in [0, 0.1) is 0 Å². The number of benzene rings is 8. The van der Waals surface area contributed by atoms with Crippen LogP contribution in [-0.4, -0.2) is 0 Å². The van der Waals surface area contributed by atoms with Gasteiger partial charge < -0.3 is 13.7 Å². The zero-order valence-corrected chi connectivity index (χ0v) is 26.5. The predicted octanol–water partition coefficient (Wildman–Crippen LogP) is 13.4. The van der Waals surface area contributed by atoms with Gasteiger partial charge in [-0.05, 0) is 88.3 Å². The summed E-state index contributed by atoms with van der Waals surface area (Å²) in [5, 5.41) is 6.66. The Morgan fingerprint density at radius 1 is 0.347 bits per heavy atom. The fourth-order valence-corrected chi connectivity index (χ4v) is 7.48. The van der Waals surface area contributed by atoms with Crippen LogP contribution in [-0.2, 0) is 0 Å². The van der Waals surface area contributed by atoms with E-state index in [9.17, 15) is 0 Å². The van der Waals surface area contributed by atoms with E-state index in [0.717, 1.165) is 94.0 Å². The maximum atomic E-state index is 6.77. The van der Waals surface area contributed by atoms with Crippen molar-refractivity contribution in [2.75, 3.05) is 4.90 Å². The standard InChI is InChI=1S/C46H29NO2/c1-3-14-31(15-4-1)47(32-16-5-2-6-17-32)41-23-13-25-43-45(41)40-29-39(35-20-9-10-22-38(35)46(40)49-43)34-19-8-7-18-33(34)30-26-27-37-36-21-11-12-24-42(36)48-44(37)28-30/h1-29H. The first kappa shape index (κ1) is 27.5. The van der Waals surface area contributed by atoms with Crippen LogP contribution in [0.25, 0.3) is 76.9 Å². The maximum absolute atomic E-state index is 6.77. The summed E-state index contributed by atoms with van der Waals surface area (Å²) in [7, 11) is 0. The number of anilines is 3. The van der Waals surface area contributed by atoms with Gasteiger partial charge in [0, 0.05) is 32.9 Å². The molecule has 0 radical (unpaired) electrons. The average molecular weight is 628 g/mol. The third-order valence-corrected chi connectivity index (χ3v) is 9.66. The van der Waals surface area contributed by atoms with E-state index in [-0.39, 0.29) is 0 Å². The third kappa shape index (κ3) is 4.37. The van der Waals surface area contributed by atoms with Gasteiger partial charge in [-0.2, -0.15) is 0 Å². The fourth-order valence-electron chi connectivity index (χ4n) is 7.48. The molecule has 2 aromatic heterocycles. The van der Waals surface area contributed by atoms with Crippen molar-refractivity contribution in [2.45, 2.75) is 0 Å². The lowest BCUT2D eigenvalue weighted by molar-refractivity contribution is 0.669. The van der Waals surface area contributed by atoms with E-state index in [1.54, 1.807) is 0 Å². The summed E-state index contributed by atoms with van der Waals surface area (Å²) in [5.74, 6) is 0. The van der Waals surface area contributed by atoms with E-state index >= 15 is 0 Å². The first-order chi connectivity index (χ1) is 24.3. The topological polar surface area (TPSA) is 29.5 Å². The molecule has 230 valence electrons. The molecule has 0 fully saturated rings. The molecule has 0 saturated carbocycles. The van der Waals surface area contributed by atoms with Crippen LogP contribution in [0.4, 0.5) is 17.1 Å². The molecule has 0 aliphatic heterocycles. The molecule has 0 aliphatic rings. The minimum absolute atomic E-state index is 0.857. The minimum Gasteiger partial charge on any atom is -0.456 e. The number of hydrogen-bond acceptors (Lipinski definition) is 3. The van der Waals surface area contributed by atoms with Gasteiger partial charge in [-0.1, -0.05) is 115 Å². The molecule has 10 aromatic rings. The normalized spacial score (nSPS) is 11.7. The highest BCUT2D eigenvalue weighted by Gasteiger charge is 2.22. The summed E-state index contributed by atoms with van der Waals surface area (Å²) >= 11 is 0. The Hall–Kier alpha value is -6.58. The summed E-state index contributed by atoms with van der Waals surface area (Å²) in [6.07, 6.45) is 0. The molecular weight excluding hydrogens is 599 g/mol.